The standard InChI is InChI=1S/C14H13FN2O4S/c1-16(10-11-3-2-4-12(15)9-11)22(20,21)14-7-5-13(6-8-14)17(18)19/h2-9H,10H2,1H3. The molecule has 0 atom stereocenters. The first-order chi connectivity index (χ1) is 10.3. The number of non-ortho nitro benzene ring substituents is 1. The maximum absolute atomic E-state index is 13.1. The zero-order valence-electron chi connectivity index (χ0n) is 11.6. The molecule has 0 N–H and O–H groups in total. The Kier molecular flexibility index (Phi) is 4.53. The van der Waals surface area contributed by atoms with E-state index >= 15 is 0 Å². The van der Waals surface area contributed by atoms with Crippen molar-refractivity contribution in [1.29, 1.82) is 0 Å². The summed E-state index contributed by atoms with van der Waals surface area (Å²) in [6, 6.07) is 10.2. The van der Waals surface area contributed by atoms with Gasteiger partial charge in [-0.25, -0.2) is 12.8 Å². The van der Waals surface area contributed by atoms with Crippen molar-refractivity contribution < 1.29 is 17.7 Å². The molecule has 22 heavy (non-hydrogen) atoms. The van der Waals surface area contributed by atoms with E-state index in [-0.39, 0.29) is 17.1 Å². The van der Waals surface area contributed by atoms with Crippen molar-refractivity contribution in [2.75, 3.05) is 7.05 Å². The van der Waals surface area contributed by atoms with Crippen molar-refractivity contribution in [2.24, 2.45) is 0 Å². The highest BCUT2D eigenvalue weighted by Crippen LogP contribution is 2.20. The van der Waals surface area contributed by atoms with Gasteiger partial charge in [0.15, 0.2) is 0 Å². The van der Waals surface area contributed by atoms with Crippen LogP contribution in [0.1, 0.15) is 5.56 Å². The molecule has 0 aliphatic carbocycles. The second-order valence-corrected chi connectivity index (χ2v) is 6.69. The van der Waals surface area contributed by atoms with Crippen molar-refractivity contribution in [3.63, 3.8) is 0 Å². The first kappa shape index (κ1) is 16.1. The summed E-state index contributed by atoms with van der Waals surface area (Å²) in [7, 11) is -2.44. The normalized spacial score (nSPS) is 11.6. The molecule has 0 fully saturated rings. The quantitative estimate of drug-likeness (QED) is 0.625. The maximum atomic E-state index is 13.1. The van der Waals surface area contributed by atoms with Crippen LogP contribution in [0, 0.1) is 15.9 Å². The highest BCUT2D eigenvalue weighted by Gasteiger charge is 2.21. The molecule has 116 valence electrons. The SMILES string of the molecule is CN(Cc1cccc(F)c1)S(=O)(=O)c1ccc([N+](=O)[O-])cc1. The molecule has 0 amide bonds. The van der Waals surface area contributed by atoms with Crippen molar-refractivity contribution in [1.82, 2.24) is 4.31 Å². The summed E-state index contributed by atoms with van der Waals surface area (Å²) in [6.45, 7) is -0.00290. The van der Waals surface area contributed by atoms with Gasteiger partial charge in [0.2, 0.25) is 10.0 Å². The van der Waals surface area contributed by atoms with E-state index in [1.54, 1.807) is 6.07 Å². The van der Waals surface area contributed by atoms with Crippen LogP contribution in [-0.2, 0) is 16.6 Å². The van der Waals surface area contributed by atoms with Crippen LogP contribution in [0.2, 0.25) is 0 Å². The minimum Gasteiger partial charge on any atom is -0.258 e. The first-order valence-corrected chi connectivity index (χ1v) is 7.70. The van der Waals surface area contributed by atoms with Gasteiger partial charge in [-0.05, 0) is 29.8 Å². The third-order valence-corrected chi connectivity index (χ3v) is 4.87. The van der Waals surface area contributed by atoms with E-state index in [1.165, 1.54) is 37.4 Å². The summed E-state index contributed by atoms with van der Waals surface area (Å²) >= 11 is 0. The Hall–Kier alpha value is -2.32. The third kappa shape index (κ3) is 3.46. The number of nitro groups is 1. The van der Waals surface area contributed by atoms with E-state index in [4.69, 9.17) is 0 Å². The molecule has 0 unspecified atom stereocenters. The Morgan fingerprint density at radius 1 is 1.18 bits per heavy atom. The van der Waals surface area contributed by atoms with Crippen molar-refractivity contribution in [3.05, 3.63) is 70.0 Å². The third-order valence-electron chi connectivity index (χ3n) is 3.05. The van der Waals surface area contributed by atoms with Gasteiger partial charge in [0.1, 0.15) is 5.82 Å². The van der Waals surface area contributed by atoms with E-state index in [2.05, 4.69) is 0 Å². The van der Waals surface area contributed by atoms with Crippen LogP contribution < -0.4 is 0 Å². The molecule has 0 spiro atoms. The highest BCUT2D eigenvalue weighted by molar-refractivity contribution is 7.89. The smallest absolute Gasteiger partial charge is 0.258 e. The van der Waals surface area contributed by atoms with Crippen LogP contribution in [0.4, 0.5) is 10.1 Å². The van der Waals surface area contributed by atoms with E-state index in [1.807, 2.05) is 0 Å². The average Bonchev–Trinajstić information content (AvgIpc) is 2.47. The van der Waals surface area contributed by atoms with Crippen LogP contribution in [0.3, 0.4) is 0 Å². The molecule has 0 heterocycles. The lowest BCUT2D eigenvalue weighted by atomic mass is 10.2. The van der Waals surface area contributed by atoms with Crippen molar-refractivity contribution in [2.45, 2.75) is 11.4 Å². The van der Waals surface area contributed by atoms with Gasteiger partial charge >= 0.3 is 0 Å². The fourth-order valence-corrected chi connectivity index (χ4v) is 3.06. The number of nitro benzene ring substituents is 1. The van der Waals surface area contributed by atoms with E-state index < -0.39 is 20.8 Å². The lowest BCUT2D eigenvalue weighted by molar-refractivity contribution is -0.384. The van der Waals surface area contributed by atoms with Gasteiger partial charge < -0.3 is 0 Å². The Bertz CT molecular complexity index is 791. The lowest BCUT2D eigenvalue weighted by Crippen LogP contribution is -2.26. The molecule has 2 aromatic rings. The summed E-state index contributed by atoms with van der Waals surface area (Å²) < 4.78 is 38.9. The molecule has 0 saturated carbocycles. The van der Waals surface area contributed by atoms with Gasteiger partial charge in [-0.1, -0.05) is 12.1 Å². The predicted octanol–water partition coefficient (Wildman–Crippen LogP) is 2.55. The minimum absolute atomic E-state index is 0.00290. The molecule has 2 rings (SSSR count). The van der Waals surface area contributed by atoms with Gasteiger partial charge in [-0.3, -0.25) is 10.1 Å². The number of halogens is 1. The summed E-state index contributed by atoms with van der Waals surface area (Å²) in [5.41, 5.74) is 0.319. The summed E-state index contributed by atoms with van der Waals surface area (Å²) in [5.74, 6) is -0.446. The Morgan fingerprint density at radius 3 is 2.36 bits per heavy atom. The zero-order chi connectivity index (χ0) is 16.3. The molecule has 0 bridgehead atoms. The van der Waals surface area contributed by atoms with Crippen LogP contribution >= 0.6 is 0 Å². The topological polar surface area (TPSA) is 80.5 Å². The largest absolute Gasteiger partial charge is 0.269 e. The second-order valence-electron chi connectivity index (χ2n) is 4.64. The molecule has 2 aromatic carbocycles. The molecule has 8 heteroatoms. The molecule has 0 aliphatic rings. The van der Waals surface area contributed by atoms with Gasteiger partial charge in [0.25, 0.3) is 5.69 Å². The molecule has 0 saturated heterocycles. The van der Waals surface area contributed by atoms with Crippen molar-refractivity contribution in [3.8, 4) is 0 Å². The van der Waals surface area contributed by atoms with E-state index in [0.29, 0.717) is 5.56 Å². The zero-order valence-corrected chi connectivity index (χ0v) is 12.5. The lowest BCUT2D eigenvalue weighted by Gasteiger charge is -2.17. The Balaban J connectivity index is 2.23. The van der Waals surface area contributed by atoms with Gasteiger partial charge in [-0.15, -0.1) is 0 Å². The van der Waals surface area contributed by atoms with Crippen LogP contribution in [0.15, 0.2) is 53.4 Å². The van der Waals surface area contributed by atoms with Crippen molar-refractivity contribution >= 4 is 15.7 Å². The minimum atomic E-state index is -3.80. The number of nitrogens with zero attached hydrogens (tertiary/aromatic N) is 2. The Labute approximate surface area is 127 Å². The fourth-order valence-electron chi connectivity index (χ4n) is 1.90. The van der Waals surface area contributed by atoms with E-state index in [9.17, 15) is 22.9 Å². The van der Waals surface area contributed by atoms with Gasteiger partial charge in [-0.2, -0.15) is 4.31 Å². The molecular weight excluding hydrogens is 311 g/mol. The predicted molar refractivity (Wildman–Crippen MR) is 78.1 cm³/mol. The Morgan fingerprint density at radius 2 is 1.82 bits per heavy atom. The summed E-state index contributed by atoms with van der Waals surface area (Å²) in [5, 5.41) is 10.6. The number of hydrogen-bond acceptors (Lipinski definition) is 4. The molecule has 0 radical (unpaired) electrons. The fraction of sp³-hybridized carbons (Fsp3) is 0.143. The molecule has 6 nitrogen and oxygen atoms in total. The molecule has 0 aromatic heterocycles. The number of hydrogen-bond donors (Lipinski definition) is 0. The number of rotatable bonds is 5. The van der Waals surface area contributed by atoms with Crippen LogP contribution in [0.25, 0.3) is 0 Å². The maximum Gasteiger partial charge on any atom is 0.269 e. The highest BCUT2D eigenvalue weighted by atomic mass is 32.2. The van der Waals surface area contributed by atoms with Gasteiger partial charge in [0.05, 0.1) is 9.82 Å². The van der Waals surface area contributed by atoms with Crippen LogP contribution in [-0.4, -0.2) is 24.7 Å². The van der Waals surface area contributed by atoms with Crippen LogP contribution in [0.5, 0.6) is 0 Å². The van der Waals surface area contributed by atoms with Gasteiger partial charge in [0, 0.05) is 25.7 Å². The summed E-state index contributed by atoms with van der Waals surface area (Å²) in [6.07, 6.45) is 0. The average molecular weight is 324 g/mol. The number of sulfonamides is 1. The first-order valence-electron chi connectivity index (χ1n) is 6.26. The molecule has 0 aliphatic heterocycles. The second kappa shape index (κ2) is 6.20. The monoisotopic (exact) mass is 324 g/mol. The number of benzene rings is 2. The van der Waals surface area contributed by atoms with E-state index in [0.717, 1.165) is 16.4 Å². The summed E-state index contributed by atoms with van der Waals surface area (Å²) in [4.78, 5) is 9.92. The molecular formula is C14H13FN2O4S.